The van der Waals surface area contributed by atoms with Crippen molar-refractivity contribution in [1.29, 1.82) is 0 Å². The van der Waals surface area contributed by atoms with Crippen molar-refractivity contribution < 1.29 is 9.21 Å². The van der Waals surface area contributed by atoms with Crippen LogP contribution in [-0.4, -0.2) is 61.4 Å². The Hall–Kier alpha value is -2.81. The molecule has 1 aromatic heterocycles. The monoisotopic (exact) mass is 544 g/mol. The molecule has 1 saturated heterocycles. The molecule has 7 heteroatoms. The van der Waals surface area contributed by atoms with Crippen LogP contribution in [0.5, 0.6) is 0 Å². The number of nitrogens with zero attached hydrogens (tertiary/aromatic N) is 3. The summed E-state index contributed by atoms with van der Waals surface area (Å²) in [6.07, 6.45) is 1.53. The highest BCUT2D eigenvalue weighted by Gasteiger charge is 2.25. The van der Waals surface area contributed by atoms with Gasteiger partial charge in [-0.15, -0.1) is 24.0 Å². The number of piperazine rings is 1. The average molecular weight is 544 g/mol. The molecular formula is C25H29IN4O2. The fourth-order valence-electron chi connectivity index (χ4n) is 4.00. The van der Waals surface area contributed by atoms with Gasteiger partial charge in [-0.05, 0) is 23.3 Å². The van der Waals surface area contributed by atoms with E-state index in [0.717, 1.165) is 25.6 Å². The molecule has 1 amide bonds. The standard InChI is InChI=1S/C25H28N4O2.HI/c1-26-25(29-16-14-28(15-17-29)24(30)23-13-8-18-31-23)27-19-22(20-9-4-2-5-10-20)21-11-6-3-7-12-21;/h2-13,18,22H,14-17,19H2,1H3,(H,26,27);1H. The molecule has 0 atom stereocenters. The van der Waals surface area contributed by atoms with Crippen molar-refractivity contribution in [2.75, 3.05) is 39.8 Å². The molecule has 0 saturated carbocycles. The molecular weight excluding hydrogens is 515 g/mol. The summed E-state index contributed by atoms with van der Waals surface area (Å²) in [4.78, 5) is 21.0. The molecule has 4 rings (SSSR count). The highest BCUT2D eigenvalue weighted by atomic mass is 127. The van der Waals surface area contributed by atoms with Crippen LogP contribution in [0.3, 0.4) is 0 Å². The zero-order chi connectivity index (χ0) is 21.5. The Balaban J connectivity index is 0.00000289. The van der Waals surface area contributed by atoms with Crippen LogP contribution in [0.25, 0.3) is 0 Å². The van der Waals surface area contributed by atoms with E-state index in [-0.39, 0.29) is 35.8 Å². The smallest absolute Gasteiger partial charge is 0.289 e. The zero-order valence-electron chi connectivity index (χ0n) is 18.2. The first-order valence-corrected chi connectivity index (χ1v) is 10.6. The first-order chi connectivity index (χ1) is 15.3. The van der Waals surface area contributed by atoms with Crippen LogP contribution in [0.15, 0.2) is 88.5 Å². The Labute approximate surface area is 206 Å². The normalized spacial score (nSPS) is 14.2. The zero-order valence-corrected chi connectivity index (χ0v) is 20.5. The number of hydrogen-bond acceptors (Lipinski definition) is 3. The van der Waals surface area contributed by atoms with Gasteiger partial charge >= 0.3 is 0 Å². The molecule has 0 spiro atoms. The molecule has 0 radical (unpaired) electrons. The molecule has 2 heterocycles. The molecule has 0 unspecified atom stereocenters. The summed E-state index contributed by atoms with van der Waals surface area (Å²) >= 11 is 0. The van der Waals surface area contributed by atoms with E-state index in [4.69, 9.17) is 4.42 Å². The van der Waals surface area contributed by atoms with Gasteiger partial charge in [0.1, 0.15) is 0 Å². The lowest BCUT2D eigenvalue weighted by atomic mass is 9.91. The van der Waals surface area contributed by atoms with Crippen LogP contribution in [0, 0.1) is 0 Å². The molecule has 0 bridgehead atoms. The van der Waals surface area contributed by atoms with Gasteiger partial charge in [-0.3, -0.25) is 9.79 Å². The van der Waals surface area contributed by atoms with Crippen LogP contribution in [0.4, 0.5) is 0 Å². The Morgan fingerprint density at radius 3 is 1.97 bits per heavy atom. The Morgan fingerprint density at radius 2 is 1.47 bits per heavy atom. The number of carbonyl (C=O) groups is 1. The summed E-state index contributed by atoms with van der Waals surface area (Å²) in [5, 5.41) is 3.56. The van der Waals surface area contributed by atoms with E-state index in [1.807, 2.05) is 24.1 Å². The third kappa shape index (κ3) is 5.70. The third-order valence-electron chi connectivity index (χ3n) is 5.68. The first kappa shape index (κ1) is 23.8. The number of halogens is 1. The second kappa shape index (κ2) is 11.7. The van der Waals surface area contributed by atoms with Gasteiger partial charge < -0.3 is 19.5 Å². The van der Waals surface area contributed by atoms with Crippen LogP contribution in [-0.2, 0) is 0 Å². The van der Waals surface area contributed by atoms with Gasteiger partial charge in [-0.1, -0.05) is 60.7 Å². The number of aliphatic imine (C=N–C) groups is 1. The Bertz CT molecular complexity index is 946. The number of nitrogens with one attached hydrogen (secondary N) is 1. The SMILES string of the molecule is CN=C(NCC(c1ccccc1)c1ccccc1)N1CCN(C(=O)c2ccco2)CC1.I. The second-order valence-electron chi connectivity index (χ2n) is 7.56. The van der Waals surface area contributed by atoms with Gasteiger partial charge in [-0.2, -0.15) is 0 Å². The molecule has 1 N–H and O–H groups in total. The van der Waals surface area contributed by atoms with E-state index >= 15 is 0 Å². The number of hydrogen-bond donors (Lipinski definition) is 1. The van der Waals surface area contributed by atoms with E-state index in [9.17, 15) is 4.79 Å². The topological polar surface area (TPSA) is 61.1 Å². The fraction of sp³-hybridized carbons (Fsp3) is 0.280. The summed E-state index contributed by atoms with van der Waals surface area (Å²) in [5.74, 6) is 1.42. The lowest BCUT2D eigenvalue weighted by Crippen LogP contribution is -2.54. The van der Waals surface area contributed by atoms with E-state index in [0.29, 0.717) is 18.8 Å². The largest absolute Gasteiger partial charge is 0.459 e. The van der Waals surface area contributed by atoms with Crippen LogP contribution < -0.4 is 5.32 Å². The number of furan rings is 1. The fourth-order valence-corrected chi connectivity index (χ4v) is 4.00. The lowest BCUT2D eigenvalue weighted by molar-refractivity contribution is 0.0657. The second-order valence-corrected chi connectivity index (χ2v) is 7.56. The van der Waals surface area contributed by atoms with Crippen LogP contribution in [0.1, 0.15) is 27.6 Å². The van der Waals surface area contributed by atoms with Crippen molar-refractivity contribution in [2.24, 2.45) is 4.99 Å². The maximum atomic E-state index is 12.5. The number of amides is 1. The summed E-state index contributed by atoms with van der Waals surface area (Å²) < 4.78 is 5.25. The summed E-state index contributed by atoms with van der Waals surface area (Å²) in [5.41, 5.74) is 2.54. The highest BCUT2D eigenvalue weighted by Crippen LogP contribution is 2.23. The Kier molecular flexibility index (Phi) is 8.72. The molecule has 32 heavy (non-hydrogen) atoms. The summed E-state index contributed by atoms with van der Waals surface area (Å²) in [6.45, 7) is 3.48. The minimum atomic E-state index is -0.0548. The highest BCUT2D eigenvalue weighted by molar-refractivity contribution is 14.0. The first-order valence-electron chi connectivity index (χ1n) is 10.6. The molecule has 6 nitrogen and oxygen atoms in total. The van der Waals surface area contributed by atoms with Crippen molar-refractivity contribution in [3.63, 3.8) is 0 Å². The van der Waals surface area contributed by atoms with Crippen LogP contribution in [0.2, 0.25) is 0 Å². The van der Waals surface area contributed by atoms with Crippen molar-refractivity contribution in [3.8, 4) is 0 Å². The van der Waals surface area contributed by atoms with Crippen molar-refractivity contribution >= 4 is 35.8 Å². The number of benzene rings is 2. The third-order valence-corrected chi connectivity index (χ3v) is 5.68. The van der Waals surface area contributed by atoms with Crippen molar-refractivity contribution in [3.05, 3.63) is 95.9 Å². The molecule has 168 valence electrons. The molecule has 1 aliphatic heterocycles. The minimum Gasteiger partial charge on any atom is -0.459 e. The van der Waals surface area contributed by atoms with E-state index < -0.39 is 0 Å². The maximum Gasteiger partial charge on any atom is 0.289 e. The quantitative estimate of drug-likeness (QED) is 0.299. The molecule has 1 fully saturated rings. The van der Waals surface area contributed by atoms with Gasteiger partial charge in [0.15, 0.2) is 11.7 Å². The number of rotatable bonds is 5. The lowest BCUT2D eigenvalue weighted by Gasteiger charge is -2.36. The van der Waals surface area contributed by atoms with Crippen molar-refractivity contribution in [2.45, 2.75) is 5.92 Å². The van der Waals surface area contributed by atoms with Crippen molar-refractivity contribution in [1.82, 2.24) is 15.1 Å². The predicted octanol–water partition coefficient (Wildman–Crippen LogP) is 4.06. The van der Waals surface area contributed by atoms with Gasteiger partial charge in [0.25, 0.3) is 5.91 Å². The predicted molar refractivity (Wildman–Crippen MR) is 138 cm³/mol. The molecule has 1 aliphatic rings. The molecule has 0 aliphatic carbocycles. The van der Waals surface area contributed by atoms with E-state index in [1.54, 1.807) is 12.1 Å². The number of carbonyl (C=O) groups excluding carboxylic acids is 1. The summed E-state index contributed by atoms with van der Waals surface area (Å²) in [6, 6.07) is 24.5. The maximum absolute atomic E-state index is 12.5. The molecule has 2 aromatic carbocycles. The summed E-state index contributed by atoms with van der Waals surface area (Å²) in [7, 11) is 1.81. The number of guanidine groups is 1. The minimum absolute atomic E-state index is 0. The van der Waals surface area contributed by atoms with Gasteiger partial charge in [0, 0.05) is 45.7 Å². The van der Waals surface area contributed by atoms with Gasteiger partial charge in [0.05, 0.1) is 6.26 Å². The molecule has 3 aromatic rings. The van der Waals surface area contributed by atoms with Gasteiger partial charge in [0.2, 0.25) is 0 Å². The van der Waals surface area contributed by atoms with E-state index in [2.05, 4.69) is 63.7 Å². The van der Waals surface area contributed by atoms with E-state index in [1.165, 1.54) is 17.4 Å². The van der Waals surface area contributed by atoms with Crippen LogP contribution >= 0.6 is 24.0 Å². The van der Waals surface area contributed by atoms with Gasteiger partial charge in [-0.25, -0.2) is 0 Å². The average Bonchev–Trinajstić information content (AvgIpc) is 3.38. The Morgan fingerprint density at radius 1 is 0.906 bits per heavy atom.